The molecule has 1 aromatic heterocycles. The molecule has 1 N–H and O–H groups in total. The van der Waals surface area contributed by atoms with Gasteiger partial charge in [-0.25, -0.2) is 0 Å². The number of hydrogen-bond acceptors (Lipinski definition) is 3. The van der Waals surface area contributed by atoms with Crippen molar-refractivity contribution in [2.24, 2.45) is 0 Å². The number of anilines is 2. The summed E-state index contributed by atoms with van der Waals surface area (Å²) >= 11 is 1.52. The molecule has 0 amide bonds. The van der Waals surface area contributed by atoms with Crippen LogP contribution in [0.25, 0.3) is 10.1 Å². The summed E-state index contributed by atoms with van der Waals surface area (Å²) in [7, 11) is 0. The minimum atomic E-state index is 0.937. The van der Waals surface area contributed by atoms with Crippen LogP contribution in [0.4, 0.5) is 11.5 Å². The quantitative estimate of drug-likeness (QED) is 0.713. The van der Waals surface area contributed by atoms with E-state index in [-0.39, 0.29) is 0 Å². The summed E-state index contributed by atoms with van der Waals surface area (Å²) in [6.07, 6.45) is 0. The van der Waals surface area contributed by atoms with Gasteiger partial charge in [-0.15, -0.1) is 0 Å². The molecular formula is C13H10N2S. The van der Waals surface area contributed by atoms with Gasteiger partial charge in [0.2, 0.25) is 0 Å². The first kappa shape index (κ1) is 9.36. The molecule has 0 spiro atoms. The normalized spacial score (nSPS) is 10.5. The molecule has 0 aliphatic heterocycles. The molecule has 0 fully saturated rings. The van der Waals surface area contributed by atoms with E-state index in [0.717, 1.165) is 11.5 Å². The standard InChI is InChI=1S/C13H10N2S/c1-2-6-10(7-3-1)14-13-11-8-4-5-9-12(11)16-15-13/h1-9H,(H,14,15). The third kappa shape index (κ3) is 1.66. The molecule has 0 unspecified atom stereocenters. The van der Waals surface area contributed by atoms with Crippen molar-refractivity contribution in [3.63, 3.8) is 0 Å². The molecule has 3 rings (SSSR count). The van der Waals surface area contributed by atoms with E-state index in [0.29, 0.717) is 0 Å². The first-order chi connectivity index (χ1) is 7.93. The van der Waals surface area contributed by atoms with Crippen LogP contribution in [0.3, 0.4) is 0 Å². The lowest BCUT2D eigenvalue weighted by Gasteiger charge is -2.02. The first-order valence-electron chi connectivity index (χ1n) is 5.10. The second kappa shape index (κ2) is 3.94. The van der Waals surface area contributed by atoms with Crippen molar-refractivity contribution in [3.8, 4) is 0 Å². The summed E-state index contributed by atoms with van der Waals surface area (Å²) in [6.45, 7) is 0. The number of fused-ring (bicyclic) bond motifs is 1. The topological polar surface area (TPSA) is 24.9 Å². The van der Waals surface area contributed by atoms with Crippen molar-refractivity contribution in [1.82, 2.24) is 4.37 Å². The molecule has 16 heavy (non-hydrogen) atoms. The first-order valence-corrected chi connectivity index (χ1v) is 5.87. The van der Waals surface area contributed by atoms with Gasteiger partial charge in [0.1, 0.15) is 0 Å². The third-order valence-corrected chi connectivity index (χ3v) is 3.24. The molecule has 2 aromatic carbocycles. The predicted molar refractivity (Wildman–Crippen MR) is 69.3 cm³/mol. The number of para-hydroxylation sites is 1. The average molecular weight is 226 g/mol. The summed E-state index contributed by atoms with van der Waals surface area (Å²) < 4.78 is 5.63. The molecule has 0 saturated heterocycles. The van der Waals surface area contributed by atoms with Crippen molar-refractivity contribution < 1.29 is 0 Å². The summed E-state index contributed by atoms with van der Waals surface area (Å²) in [5, 5.41) is 4.50. The molecule has 0 saturated carbocycles. The fraction of sp³-hybridized carbons (Fsp3) is 0. The lowest BCUT2D eigenvalue weighted by atomic mass is 10.2. The number of benzene rings is 2. The zero-order valence-electron chi connectivity index (χ0n) is 8.55. The van der Waals surface area contributed by atoms with E-state index >= 15 is 0 Å². The van der Waals surface area contributed by atoms with Crippen molar-refractivity contribution in [2.45, 2.75) is 0 Å². The SMILES string of the molecule is c1ccc(Nc2nsc3ccccc23)cc1. The Morgan fingerprint density at radius 3 is 2.50 bits per heavy atom. The van der Waals surface area contributed by atoms with Gasteiger partial charge < -0.3 is 5.32 Å². The molecular weight excluding hydrogens is 216 g/mol. The zero-order chi connectivity index (χ0) is 10.8. The van der Waals surface area contributed by atoms with Crippen LogP contribution < -0.4 is 5.32 Å². The summed E-state index contributed by atoms with van der Waals surface area (Å²) in [5.74, 6) is 0.937. The highest BCUT2D eigenvalue weighted by molar-refractivity contribution is 7.13. The summed E-state index contributed by atoms with van der Waals surface area (Å²) in [4.78, 5) is 0. The predicted octanol–water partition coefficient (Wildman–Crippen LogP) is 4.04. The number of aromatic nitrogens is 1. The van der Waals surface area contributed by atoms with Gasteiger partial charge >= 0.3 is 0 Å². The van der Waals surface area contributed by atoms with E-state index in [2.05, 4.69) is 21.8 Å². The Labute approximate surface area is 97.7 Å². The third-order valence-electron chi connectivity index (χ3n) is 2.41. The number of hydrogen-bond donors (Lipinski definition) is 1. The molecule has 0 bridgehead atoms. The van der Waals surface area contributed by atoms with Crippen LogP contribution in [-0.4, -0.2) is 4.37 Å². The molecule has 0 aliphatic rings. The van der Waals surface area contributed by atoms with E-state index < -0.39 is 0 Å². The fourth-order valence-electron chi connectivity index (χ4n) is 1.63. The van der Waals surface area contributed by atoms with Crippen molar-refractivity contribution in [1.29, 1.82) is 0 Å². The van der Waals surface area contributed by atoms with Crippen LogP contribution in [0.5, 0.6) is 0 Å². The monoisotopic (exact) mass is 226 g/mol. The smallest absolute Gasteiger partial charge is 0.151 e. The molecule has 0 atom stereocenters. The Morgan fingerprint density at radius 1 is 0.875 bits per heavy atom. The minimum Gasteiger partial charge on any atom is -0.339 e. The maximum absolute atomic E-state index is 4.42. The van der Waals surface area contributed by atoms with Gasteiger partial charge in [-0.05, 0) is 35.8 Å². The number of nitrogens with one attached hydrogen (secondary N) is 1. The number of rotatable bonds is 2. The largest absolute Gasteiger partial charge is 0.339 e. The zero-order valence-corrected chi connectivity index (χ0v) is 9.37. The van der Waals surface area contributed by atoms with Gasteiger partial charge in [-0.3, -0.25) is 0 Å². The molecule has 3 heteroatoms. The molecule has 78 valence electrons. The van der Waals surface area contributed by atoms with Crippen LogP contribution in [0.15, 0.2) is 54.6 Å². The van der Waals surface area contributed by atoms with Crippen molar-refractivity contribution in [2.75, 3.05) is 5.32 Å². The van der Waals surface area contributed by atoms with Crippen LogP contribution in [-0.2, 0) is 0 Å². The summed E-state index contributed by atoms with van der Waals surface area (Å²) in [5.41, 5.74) is 1.07. The lowest BCUT2D eigenvalue weighted by Crippen LogP contribution is -1.89. The molecule has 0 aliphatic carbocycles. The van der Waals surface area contributed by atoms with Crippen LogP contribution in [0.2, 0.25) is 0 Å². The van der Waals surface area contributed by atoms with Gasteiger partial charge in [0, 0.05) is 11.1 Å². The minimum absolute atomic E-state index is 0.937. The highest BCUT2D eigenvalue weighted by Crippen LogP contribution is 2.28. The Hall–Kier alpha value is -1.87. The lowest BCUT2D eigenvalue weighted by molar-refractivity contribution is 1.49. The second-order valence-corrected chi connectivity index (χ2v) is 4.32. The summed E-state index contributed by atoms with van der Waals surface area (Å²) in [6, 6.07) is 18.3. The van der Waals surface area contributed by atoms with Crippen molar-refractivity contribution >= 4 is 33.1 Å². The highest BCUT2D eigenvalue weighted by atomic mass is 32.1. The van der Waals surface area contributed by atoms with Gasteiger partial charge in [-0.2, -0.15) is 4.37 Å². The number of nitrogens with zero attached hydrogens (tertiary/aromatic N) is 1. The van der Waals surface area contributed by atoms with E-state index in [1.807, 2.05) is 42.5 Å². The molecule has 2 nitrogen and oxygen atoms in total. The van der Waals surface area contributed by atoms with E-state index in [1.165, 1.54) is 21.6 Å². The van der Waals surface area contributed by atoms with E-state index in [4.69, 9.17) is 0 Å². The Bertz CT molecular complexity index is 601. The van der Waals surface area contributed by atoms with Crippen LogP contribution in [0.1, 0.15) is 0 Å². The molecule has 3 aromatic rings. The van der Waals surface area contributed by atoms with Gasteiger partial charge in [0.25, 0.3) is 0 Å². The fourth-order valence-corrected chi connectivity index (χ4v) is 2.37. The van der Waals surface area contributed by atoms with Crippen LogP contribution >= 0.6 is 11.5 Å². The maximum Gasteiger partial charge on any atom is 0.151 e. The average Bonchev–Trinajstić information content (AvgIpc) is 2.74. The van der Waals surface area contributed by atoms with E-state index in [9.17, 15) is 0 Å². The van der Waals surface area contributed by atoms with Gasteiger partial charge in [0.15, 0.2) is 5.82 Å². The van der Waals surface area contributed by atoms with E-state index in [1.54, 1.807) is 0 Å². The van der Waals surface area contributed by atoms with Crippen molar-refractivity contribution in [3.05, 3.63) is 54.6 Å². The van der Waals surface area contributed by atoms with Gasteiger partial charge in [0.05, 0.1) is 4.70 Å². The molecule has 1 heterocycles. The Morgan fingerprint density at radius 2 is 1.62 bits per heavy atom. The maximum atomic E-state index is 4.42. The van der Waals surface area contributed by atoms with Crippen LogP contribution in [0, 0.1) is 0 Å². The molecule has 0 radical (unpaired) electrons. The second-order valence-electron chi connectivity index (χ2n) is 3.52. The Balaban J connectivity index is 2.01. The highest BCUT2D eigenvalue weighted by Gasteiger charge is 2.04. The Kier molecular flexibility index (Phi) is 2.31. The van der Waals surface area contributed by atoms with Gasteiger partial charge in [-0.1, -0.05) is 30.3 Å².